The van der Waals surface area contributed by atoms with Gasteiger partial charge in [-0.1, -0.05) is 24.3 Å². The van der Waals surface area contributed by atoms with Crippen LogP contribution in [0.25, 0.3) is 0 Å². The maximum absolute atomic E-state index is 10.2. The Kier molecular flexibility index (Phi) is 10.9. The van der Waals surface area contributed by atoms with Gasteiger partial charge >= 0.3 is 0 Å². The Labute approximate surface area is 326 Å². The van der Waals surface area contributed by atoms with Crippen molar-refractivity contribution in [2.75, 3.05) is 0 Å². The maximum Gasteiger partial charge on any atom is 0.133 e. The molecular formula is C49H52O6. The third-order valence-electron chi connectivity index (χ3n) is 10.1. The van der Waals surface area contributed by atoms with E-state index < -0.39 is 0 Å². The molecule has 0 unspecified atom stereocenters. The number of benzene rings is 6. The second-order valence-electron chi connectivity index (χ2n) is 15.3. The van der Waals surface area contributed by atoms with Crippen LogP contribution >= 0.6 is 0 Å². The van der Waals surface area contributed by atoms with Crippen LogP contribution in [-0.4, -0.2) is 10.2 Å². The molecule has 0 saturated carbocycles. The predicted octanol–water partition coefficient (Wildman–Crippen LogP) is 13.6. The molecule has 0 aliphatic carbocycles. The Hall–Kier alpha value is -5.88. The van der Waals surface area contributed by atoms with Crippen LogP contribution in [0.1, 0.15) is 77.9 Å². The van der Waals surface area contributed by atoms with E-state index in [1.807, 2.05) is 104 Å². The average Bonchev–Trinajstić information content (AvgIpc) is 3.09. The minimum absolute atomic E-state index is 0.295. The third kappa shape index (κ3) is 8.44. The largest absolute Gasteiger partial charge is 0.507 e. The lowest BCUT2D eigenvalue weighted by Crippen LogP contribution is -1.99. The van der Waals surface area contributed by atoms with Gasteiger partial charge < -0.3 is 29.2 Å². The molecule has 0 amide bonds. The van der Waals surface area contributed by atoms with Gasteiger partial charge in [0.25, 0.3) is 0 Å². The molecular weight excluding hydrogens is 685 g/mol. The smallest absolute Gasteiger partial charge is 0.133 e. The van der Waals surface area contributed by atoms with Crippen molar-refractivity contribution in [3.63, 3.8) is 0 Å². The van der Waals surface area contributed by atoms with E-state index >= 15 is 0 Å². The van der Waals surface area contributed by atoms with Gasteiger partial charge in [-0.25, -0.2) is 0 Å². The van der Waals surface area contributed by atoms with Gasteiger partial charge in [0, 0.05) is 0 Å². The molecule has 2 N–H and O–H groups in total. The highest BCUT2D eigenvalue weighted by Gasteiger charge is 2.17. The highest BCUT2D eigenvalue weighted by atomic mass is 16.5. The zero-order valence-electron chi connectivity index (χ0n) is 34.2. The minimum Gasteiger partial charge on any atom is -0.507 e. The number of aryl methyl sites for hydroxylation is 12. The molecule has 6 nitrogen and oxygen atoms in total. The Morgan fingerprint density at radius 1 is 0.291 bits per heavy atom. The predicted molar refractivity (Wildman–Crippen MR) is 222 cm³/mol. The molecule has 0 saturated heterocycles. The van der Waals surface area contributed by atoms with Crippen LogP contribution < -0.4 is 18.9 Å². The topological polar surface area (TPSA) is 77.4 Å². The van der Waals surface area contributed by atoms with Crippen LogP contribution in [0.2, 0.25) is 0 Å². The van der Waals surface area contributed by atoms with Gasteiger partial charge in [-0.3, -0.25) is 0 Å². The monoisotopic (exact) mass is 736 g/mol. The SMILES string of the molecule is Cc1cc(Oc2c(C)cc(Oc3c(C)cc(Cc4cc(C)c(Oc5cc(C)c(Oc6cc(C)c(O)c(C)c6)c(C)c5)c(C)c4)cc3C)cc2C)cc(C)c1O. The second-order valence-corrected chi connectivity index (χ2v) is 15.3. The minimum atomic E-state index is 0.295. The van der Waals surface area contributed by atoms with E-state index in [1.54, 1.807) is 0 Å². The molecule has 6 heteroatoms. The lowest BCUT2D eigenvalue weighted by molar-refractivity contribution is 0.450. The quantitative estimate of drug-likeness (QED) is 0.146. The van der Waals surface area contributed by atoms with Crippen LogP contribution in [0.4, 0.5) is 0 Å². The summed E-state index contributed by atoms with van der Waals surface area (Å²) >= 11 is 0. The van der Waals surface area contributed by atoms with Gasteiger partial charge in [0.2, 0.25) is 0 Å². The fourth-order valence-electron chi connectivity index (χ4n) is 7.52. The van der Waals surface area contributed by atoms with Crippen LogP contribution in [-0.2, 0) is 6.42 Å². The Balaban J connectivity index is 1.15. The van der Waals surface area contributed by atoms with Crippen molar-refractivity contribution < 1.29 is 29.2 Å². The molecule has 6 rings (SSSR count). The van der Waals surface area contributed by atoms with Gasteiger partial charge in [0.1, 0.15) is 57.5 Å². The molecule has 284 valence electrons. The lowest BCUT2D eigenvalue weighted by Gasteiger charge is -2.18. The summed E-state index contributed by atoms with van der Waals surface area (Å²) < 4.78 is 25.6. The lowest BCUT2D eigenvalue weighted by atomic mass is 9.97. The first-order valence-corrected chi connectivity index (χ1v) is 18.7. The summed E-state index contributed by atoms with van der Waals surface area (Å²) in [6, 6.07) is 24.3. The number of hydrogen-bond acceptors (Lipinski definition) is 6. The zero-order chi connectivity index (χ0) is 39.9. The Morgan fingerprint density at radius 3 is 0.691 bits per heavy atom. The van der Waals surface area contributed by atoms with Gasteiger partial charge in [0.05, 0.1) is 0 Å². The van der Waals surface area contributed by atoms with Crippen molar-refractivity contribution in [1.82, 2.24) is 0 Å². The second kappa shape index (κ2) is 15.5. The van der Waals surface area contributed by atoms with E-state index in [2.05, 4.69) is 52.0 Å². The van der Waals surface area contributed by atoms with Crippen LogP contribution in [0.5, 0.6) is 57.5 Å². The fraction of sp³-hybridized carbons (Fsp3) is 0.265. The Bertz CT molecular complexity index is 2150. The van der Waals surface area contributed by atoms with Crippen LogP contribution in [0.3, 0.4) is 0 Å². The van der Waals surface area contributed by atoms with Crippen molar-refractivity contribution in [2.24, 2.45) is 0 Å². The van der Waals surface area contributed by atoms with E-state index in [-0.39, 0.29) is 0 Å². The highest BCUT2D eigenvalue weighted by molar-refractivity contribution is 5.55. The first kappa shape index (κ1) is 38.8. The molecule has 0 atom stereocenters. The summed E-state index contributed by atoms with van der Waals surface area (Å²) in [5, 5.41) is 20.4. The molecule has 0 bridgehead atoms. The molecule has 0 aliphatic heterocycles. The summed E-state index contributed by atoms with van der Waals surface area (Å²) in [5.74, 6) is 6.78. The standard InChI is InChI=1S/C49H52O6/c1-26-17-40(18-27(2)44(26)50)52-48-34(9)21-42(22-35(48)10)54-46-30(5)13-38(14-31(46)6)25-39-15-32(7)47(33(8)16-39)55-43-23-36(11)49(37(12)24-43)53-41-19-28(3)45(51)29(4)20-41/h13-24,50-51H,25H2,1-12H3. The van der Waals surface area contributed by atoms with Crippen molar-refractivity contribution in [3.05, 3.63) is 151 Å². The number of phenolic OH excluding ortho intramolecular Hbond substituents is 2. The van der Waals surface area contributed by atoms with Gasteiger partial charge in [-0.2, -0.15) is 0 Å². The number of phenols is 2. The molecule has 0 fully saturated rings. The van der Waals surface area contributed by atoms with E-state index in [0.717, 1.165) is 108 Å². The van der Waals surface area contributed by atoms with E-state index in [1.165, 1.54) is 11.1 Å². The zero-order valence-corrected chi connectivity index (χ0v) is 34.2. The molecule has 0 aromatic heterocycles. The van der Waals surface area contributed by atoms with Crippen molar-refractivity contribution >= 4 is 0 Å². The maximum atomic E-state index is 10.2. The molecule has 0 radical (unpaired) electrons. The highest BCUT2D eigenvalue weighted by Crippen LogP contribution is 2.40. The van der Waals surface area contributed by atoms with Crippen LogP contribution in [0.15, 0.2) is 72.8 Å². The summed E-state index contributed by atoms with van der Waals surface area (Å²) in [5.41, 5.74) is 13.7. The number of ether oxygens (including phenoxy) is 4. The molecule has 0 spiro atoms. The van der Waals surface area contributed by atoms with Gasteiger partial charge in [-0.15, -0.1) is 0 Å². The molecule has 55 heavy (non-hydrogen) atoms. The average molecular weight is 737 g/mol. The van der Waals surface area contributed by atoms with Crippen molar-refractivity contribution in [2.45, 2.75) is 89.5 Å². The first-order chi connectivity index (χ1) is 26.0. The summed E-state index contributed by atoms with van der Waals surface area (Å²) in [4.78, 5) is 0. The van der Waals surface area contributed by atoms with E-state index in [9.17, 15) is 10.2 Å². The van der Waals surface area contributed by atoms with Gasteiger partial charge in [0.15, 0.2) is 0 Å². The molecule has 0 aliphatic rings. The number of aromatic hydroxyl groups is 2. The third-order valence-corrected chi connectivity index (χ3v) is 10.1. The normalized spacial score (nSPS) is 11.1. The van der Waals surface area contributed by atoms with E-state index in [0.29, 0.717) is 23.0 Å². The van der Waals surface area contributed by atoms with Crippen LogP contribution in [0, 0.1) is 83.1 Å². The first-order valence-electron chi connectivity index (χ1n) is 18.7. The van der Waals surface area contributed by atoms with Crippen molar-refractivity contribution in [3.8, 4) is 57.5 Å². The van der Waals surface area contributed by atoms with Gasteiger partial charge in [-0.05, 0) is 216 Å². The fourth-order valence-corrected chi connectivity index (χ4v) is 7.52. The molecule has 6 aromatic carbocycles. The van der Waals surface area contributed by atoms with E-state index in [4.69, 9.17) is 18.9 Å². The summed E-state index contributed by atoms with van der Waals surface area (Å²) in [6.07, 6.45) is 0.783. The Morgan fingerprint density at radius 2 is 0.473 bits per heavy atom. The number of rotatable bonds is 10. The molecule has 6 aromatic rings. The molecule has 0 heterocycles. The van der Waals surface area contributed by atoms with Crippen molar-refractivity contribution in [1.29, 1.82) is 0 Å². The number of hydrogen-bond donors (Lipinski definition) is 2. The summed E-state index contributed by atoms with van der Waals surface area (Å²) in [7, 11) is 0. The summed E-state index contributed by atoms with van der Waals surface area (Å²) in [6.45, 7) is 24.0.